The van der Waals surface area contributed by atoms with E-state index in [1.165, 1.54) is 6.08 Å². The second kappa shape index (κ2) is 13.1. The van der Waals surface area contributed by atoms with Gasteiger partial charge in [-0.1, -0.05) is 19.9 Å². The molecule has 15 heavy (non-hydrogen) atoms. The maximum Gasteiger partial charge on any atom is 0.330 e. The molecule has 0 saturated carbocycles. The Bertz CT molecular complexity index is 155. The zero-order valence-corrected chi connectivity index (χ0v) is 9.61. The minimum atomic E-state index is -0.352. The Morgan fingerprint density at radius 1 is 1.60 bits per heavy atom. The number of unbranched alkanes of at least 4 members (excludes halogenated alkanes) is 1. The number of carbonyl (C=O) groups is 1. The van der Waals surface area contributed by atoms with E-state index in [9.17, 15) is 4.79 Å². The zero-order chi connectivity index (χ0) is 12.1. The molecule has 90 valence electrons. The number of rotatable bonds is 6. The number of carbonyl (C=O) groups excluding carboxylic acids is 1. The van der Waals surface area contributed by atoms with E-state index in [0.29, 0.717) is 13.0 Å². The fourth-order valence-corrected chi connectivity index (χ4v) is 0.563. The van der Waals surface area contributed by atoms with Gasteiger partial charge < -0.3 is 14.9 Å². The molecule has 4 nitrogen and oxygen atoms in total. The van der Waals surface area contributed by atoms with Gasteiger partial charge in [-0.2, -0.15) is 0 Å². The molecule has 0 fully saturated rings. The smallest absolute Gasteiger partial charge is 0.330 e. The minimum Gasteiger partial charge on any atom is -0.463 e. The summed E-state index contributed by atoms with van der Waals surface area (Å²) in [7, 11) is 0. The fourth-order valence-electron chi connectivity index (χ4n) is 0.563. The molecular formula is C11H22O4. The normalized spacial score (nSPS) is 10.9. The summed E-state index contributed by atoms with van der Waals surface area (Å²) in [5.41, 5.74) is 0. The third-order valence-electron chi connectivity index (χ3n) is 1.46. The van der Waals surface area contributed by atoms with E-state index in [1.807, 2.05) is 6.92 Å². The van der Waals surface area contributed by atoms with Crippen LogP contribution in [0.1, 0.15) is 33.1 Å². The summed E-state index contributed by atoms with van der Waals surface area (Å²) in [6, 6.07) is 0. The number of aliphatic hydroxyl groups is 2. The van der Waals surface area contributed by atoms with Crippen molar-refractivity contribution in [2.24, 2.45) is 0 Å². The molecule has 0 aromatic rings. The Hall–Kier alpha value is -0.870. The predicted octanol–water partition coefficient (Wildman–Crippen LogP) is 1.27. The van der Waals surface area contributed by atoms with E-state index in [4.69, 9.17) is 10.2 Å². The standard InChI is InChI=1S/C7H12O2.C4H10O2/c1-3-5-6-9-7(8)4-2;1-4(6)2-3-5/h4H,2-3,5-6H2,1H3;4-6H,2-3H2,1H3. The van der Waals surface area contributed by atoms with Crippen LogP contribution < -0.4 is 0 Å². The van der Waals surface area contributed by atoms with Crippen molar-refractivity contribution in [3.8, 4) is 0 Å². The Labute approximate surface area is 91.6 Å². The molecule has 0 aliphatic heterocycles. The van der Waals surface area contributed by atoms with Gasteiger partial charge in [-0.3, -0.25) is 0 Å². The van der Waals surface area contributed by atoms with Crippen LogP contribution in [0.4, 0.5) is 0 Å². The van der Waals surface area contributed by atoms with Crippen molar-refractivity contribution in [2.45, 2.75) is 39.2 Å². The minimum absolute atomic E-state index is 0.0810. The van der Waals surface area contributed by atoms with Gasteiger partial charge in [-0.15, -0.1) is 0 Å². The molecule has 0 rings (SSSR count). The summed E-state index contributed by atoms with van der Waals surface area (Å²) in [4.78, 5) is 10.3. The van der Waals surface area contributed by atoms with Crippen LogP contribution in [0.25, 0.3) is 0 Å². The Balaban J connectivity index is 0. The summed E-state index contributed by atoms with van der Waals surface area (Å²) in [5.74, 6) is -0.330. The van der Waals surface area contributed by atoms with Gasteiger partial charge in [-0.05, 0) is 19.8 Å². The topological polar surface area (TPSA) is 66.8 Å². The lowest BCUT2D eigenvalue weighted by Crippen LogP contribution is -2.00. The highest BCUT2D eigenvalue weighted by atomic mass is 16.5. The molecule has 1 unspecified atom stereocenters. The molecule has 0 saturated heterocycles. The first-order valence-electron chi connectivity index (χ1n) is 5.16. The quantitative estimate of drug-likeness (QED) is 0.400. The van der Waals surface area contributed by atoms with Gasteiger partial charge in [0, 0.05) is 12.7 Å². The SMILES string of the molecule is C=CC(=O)OCCCC.CC(O)CCO. The van der Waals surface area contributed by atoms with E-state index >= 15 is 0 Å². The number of hydrogen-bond acceptors (Lipinski definition) is 4. The molecule has 0 heterocycles. The van der Waals surface area contributed by atoms with Crippen LogP contribution in [0, 0.1) is 0 Å². The molecule has 0 aliphatic rings. The molecule has 0 amide bonds. The van der Waals surface area contributed by atoms with E-state index in [-0.39, 0.29) is 18.7 Å². The molecular weight excluding hydrogens is 196 g/mol. The van der Waals surface area contributed by atoms with Crippen molar-refractivity contribution >= 4 is 5.97 Å². The van der Waals surface area contributed by atoms with Crippen LogP contribution in [0.2, 0.25) is 0 Å². The van der Waals surface area contributed by atoms with Crippen LogP contribution >= 0.6 is 0 Å². The summed E-state index contributed by atoms with van der Waals surface area (Å²) in [5, 5.41) is 16.5. The zero-order valence-electron chi connectivity index (χ0n) is 9.61. The van der Waals surface area contributed by atoms with Gasteiger partial charge in [0.25, 0.3) is 0 Å². The molecule has 0 spiro atoms. The number of ether oxygens (including phenoxy) is 1. The van der Waals surface area contributed by atoms with Crippen LogP contribution in [0.5, 0.6) is 0 Å². The van der Waals surface area contributed by atoms with Crippen molar-refractivity contribution < 1.29 is 19.7 Å². The lowest BCUT2D eigenvalue weighted by atomic mass is 10.3. The van der Waals surface area contributed by atoms with Gasteiger partial charge in [0.05, 0.1) is 12.7 Å². The van der Waals surface area contributed by atoms with E-state index in [0.717, 1.165) is 12.8 Å². The Kier molecular flexibility index (Phi) is 14.5. The number of esters is 1. The van der Waals surface area contributed by atoms with E-state index in [1.54, 1.807) is 6.92 Å². The highest BCUT2D eigenvalue weighted by Crippen LogP contribution is 1.88. The van der Waals surface area contributed by atoms with Crippen molar-refractivity contribution in [3.05, 3.63) is 12.7 Å². The highest BCUT2D eigenvalue weighted by molar-refractivity contribution is 5.81. The summed E-state index contributed by atoms with van der Waals surface area (Å²) < 4.78 is 4.67. The maximum atomic E-state index is 10.3. The summed E-state index contributed by atoms with van der Waals surface area (Å²) >= 11 is 0. The van der Waals surface area contributed by atoms with Gasteiger partial charge in [0.15, 0.2) is 0 Å². The molecule has 0 aromatic carbocycles. The molecule has 0 radical (unpaired) electrons. The van der Waals surface area contributed by atoms with Gasteiger partial charge in [0.2, 0.25) is 0 Å². The molecule has 0 bridgehead atoms. The Morgan fingerprint density at radius 2 is 2.20 bits per heavy atom. The fraction of sp³-hybridized carbons (Fsp3) is 0.727. The van der Waals surface area contributed by atoms with Gasteiger partial charge in [0.1, 0.15) is 0 Å². The van der Waals surface area contributed by atoms with Crippen molar-refractivity contribution in [1.29, 1.82) is 0 Å². The molecule has 4 heteroatoms. The van der Waals surface area contributed by atoms with E-state index < -0.39 is 0 Å². The van der Waals surface area contributed by atoms with Crippen LogP contribution in [0.3, 0.4) is 0 Å². The second-order valence-electron chi connectivity index (χ2n) is 3.09. The van der Waals surface area contributed by atoms with Crippen LogP contribution in [0.15, 0.2) is 12.7 Å². The third kappa shape index (κ3) is 19.5. The van der Waals surface area contributed by atoms with Crippen molar-refractivity contribution in [1.82, 2.24) is 0 Å². The summed E-state index contributed by atoms with van der Waals surface area (Å²) in [6.45, 7) is 7.55. The second-order valence-corrected chi connectivity index (χ2v) is 3.09. The third-order valence-corrected chi connectivity index (χ3v) is 1.46. The first-order chi connectivity index (χ1) is 7.08. The molecule has 2 N–H and O–H groups in total. The first kappa shape index (κ1) is 16.6. The molecule has 0 aromatic heterocycles. The largest absolute Gasteiger partial charge is 0.463 e. The number of hydrogen-bond donors (Lipinski definition) is 2. The average molecular weight is 218 g/mol. The molecule has 0 aliphatic carbocycles. The number of aliphatic hydroxyl groups excluding tert-OH is 2. The summed E-state index contributed by atoms with van der Waals surface area (Å²) in [6.07, 6.45) is 3.29. The maximum absolute atomic E-state index is 10.3. The monoisotopic (exact) mass is 218 g/mol. The Morgan fingerprint density at radius 3 is 2.47 bits per heavy atom. The first-order valence-corrected chi connectivity index (χ1v) is 5.16. The van der Waals surface area contributed by atoms with E-state index in [2.05, 4.69) is 11.3 Å². The van der Waals surface area contributed by atoms with Gasteiger partial charge in [-0.25, -0.2) is 4.79 Å². The predicted molar refractivity (Wildman–Crippen MR) is 59.4 cm³/mol. The van der Waals surface area contributed by atoms with Crippen molar-refractivity contribution in [2.75, 3.05) is 13.2 Å². The highest BCUT2D eigenvalue weighted by Gasteiger charge is 1.91. The molecule has 1 atom stereocenters. The van der Waals surface area contributed by atoms with Crippen molar-refractivity contribution in [3.63, 3.8) is 0 Å². The van der Waals surface area contributed by atoms with Gasteiger partial charge >= 0.3 is 5.97 Å². The van der Waals surface area contributed by atoms with Crippen LogP contribution in [-0.2, 0) is 9.53 Å². The lowest BCUT2D eigenvalue weighted by Gasteiger charge is -1.97. The van der Waals surface area contributed by atoms with Crippen LogP contribution in [-0.4, -0.2) is 35.5 Å². The lowest BCUT2D eigenvalue weighted by molar-refractivity contribution is -0.137. The average Bonchev–Trinajstić information content (AvgIpc) is 2.18.